The van der Waals surface area contributed by atoms with E-state index in [-0.39, 0.29) is 5.97 Å². The van der Waals surface area contributed by atoms with E-state index in [1.807, 2.05) is 6.92 Å². The van der Waals surface area contributed by atoms with E-state index in [0.717, 1.165) is 30.1 Å². The minimum Gasteiger partial charge on any atom is -0.461 e. The zero-order chi connectivity index (χ0) is 13.8. The van der Waals surface area contributed by atoms with Crippen LogP contribution in [0.3, 0.4) is 0 Å². The Morgan fingerprint density at radius 2 is 2.05 bits per heavy atom. The molecule has 1 aromatic heterocycles. The van der Waals surface area contributed by atoms with Crippen LogP contribution in [-0.4, -0.2) is 22.5 Å². The summed E-state index contributed by atoms with van der Waals surface area (Å²) in [6.07, 6.45) is 6.42. The number of hydrogen-bond acceptors (Lipinski definition) is 4. The lowest BCUT2D eigenvalue weighted by Crippen LogP contribution is -2.17. The second-order valence-electron chi connectivity index (χ2n) is 5.44. The summed E-state index contributed by atoms with van der Waals surface area (Å²) in [5.74, 6) is 1.66. The molecule has 0 unspecified atom stereocenters. The topological polar surface area (TPSA) is 52.1 Å². The minimum atomic E-state index is -0.340. The molecule has 4 heteroatoms. The molecule has 0 aliphatic heterocycles. The van der Waals surface area contributed by atoms with E-state index < -0.39 is 0 Å². The first-order valence-corrected chi connectivity index (χ1v) is 7.12. The van der Waals surface area contributed by atoms with Crippen LogP contribution < -0.4 is 0 Å². The molecule has 0 radical (unpaired) electrons. The molecule has 0 spiro atoms. The van der Waals surface area contributed by atoms with Gasteiger partial charge in [0.25, 0.3) is 0 Å². The first kappa shape index (κ1) is 14.0. The lowest BCUT2D eigenvalue weighted by molar-refractivity contribution is 0.0517. The van der Waals surface area contributed by atoms with Crippen molar-refractivity contribution >= 4 is 5.97 Å². The predicted octanol–water partition coefficient (Wildman–Crippen LogP) is 3.26. The van der Waals surface area contributed by atoms with Crippen molar-refractivity contribution in [3.63, 3.8) is 0 Å². The van der Waals surface area contributed by atoms with E-state index in [9.17, 15) is 4.79 Å². The van der Waals surface area contributed by atoms with Crippen LogP contribution in [0.4, 0.5) is 0 Å². The first-order valence-electron chi connectivity index (χ1n) is 7.12. The fourth-order valence-electron chi connectivity index (χ4n) is 2.58. The Morgan fingerprint density at radius 3 is 2.68 bits per heavy atom. The van der Waals surface area contributed by atoms with Gasteiger partial charge in [-0.15, -0.1) is 0 Å². The third kappa shape index (κ3) is 3.31. The summed E-state index contributed by atoms with van der Waals surface area (Å²) in [4.78, 5) is 20.7. The van der Waals surface area contributed by atoms with E-state index in [2.05, 4.69) is 16.9 Å². The maximum atomic E-state index is 11.8. The number of rotatable bonds is 3. The van der Waals surface area contributed by atoms with Gasteiger partial charge in [-0.1, -0.05) is 19.8 Å². The lowest BCUT2D eigenvalue weighted by atomic mass is 9.82. The Bertz CT molecular complexity index is 451. The molecule has 4 nitrogen and oxygen atoms in total. The molecule has 1 heterocycles. The number of carbonyl (C=O) groups is 1. The zero-order valence-corrected chi connectivity index (χ0v) is 12.0. The van der Waals surface area contributed by atoms with Gasteiger partial charge < -0.3 is 4.74 Å². The molecule has 1 fully saturated rings. The molecule has 104 valence electrons. The van der Waals surface area contributed by atoms with Crippen molar-refractivity contribution in [3.05, 3.63) is 23.3 Å². The summed E-state index contributed by atoms with van der Waals surface area (Å²) in [7, 11) is 0. The van der Waals surface area contributed by atoms with Crippen LogP contribution in [0.15, 0.2) is 6.20 Å². The Kier molecular flexibility index (Phi) is 4.51. The molecule has 0 bridgehead atoms. The summed E-state index contributed by atoms with van der Waals surface area (Å²) in [5.41, 5.74) is 1.21. The molecule has 1 aromatic rings. The smallest absolute Gasteiger partial charge is 0.357 e. The fourth-order valence-corrected chi connectivity index (χ4v) is 2.58. The Balaban J connectivity index is 2.18. The van der Waals surface area contributed by atoms with Gasteiger partial charge in [0, 0.05) is 17.7 Å². The number of carbonyl (C=O) groups excluding carboxylic acids is 1. The molecule has 19 heavy (non-hydrogen) atoms. The molecule has 1 aliphatic rings. The average Bonchev–Trinajstić information content (AvgIpc) is 2.40. The van der Waals surface area contributed by atoms with Gasteiger partial charge in [0.15, 0.2) is 5.69 Å². The minimum absolute atomic E-state index is 0.340. The van der Waals surface area contributed by atoms with Crippen molar-refractivity contribution in [3.8, 4) is 0 Å². The highest BCUT2D eigenvalue weighted by atomic mass is 16.5. The van der Waals surface area contributed by atoms with Crippen LogP contribution in [-0.2, 0) is 4.74 Å². The normalized spacial score (nSPS) is 23.1. The molecule has 1 aliphatic carbocycles. The van der Waals surface area contributed by atoms with Crippen molar-refractivity contribution in [2.45, 2.75) is 52.4 Å². The predicted molar refractivity (Wildman–Crippen MR) is 73.1 cm³/mol. The van der Waals surface area contributed by atoms with Gasteiger partial charge in [0.05, 0.1) is 6.61 Å². The summed E-state index contributed by atoms with van der Waals surface area (Å²) < 4.78 is 5.04. The van der Waals surface area contributed by atoms with Gasteiger partial charge >= 0.3 is 5.97 Å². The van der Waals surface area contributed by atoms with Gasteiger partial charge in [-0.3, -0.25) is 0 Å². The summed E-state index contributed by atoms with van der Waals surface area (Å²) in [6, 6.07) is 0. The van der Waals surface area contributed by atoms with Crippen LogP contribution in [0.5, 0.6) is 0 Å². The maximum Gasteiger partial charge on any atom is 0.357 e. The van der Waals surface area contributed by atoms with Crippen molar-refractivity contribution in [2.75, 3.05) is 6.61 Å². The van der Waals surface area contributed by atoms with Crippen LogP contribution in [0.25, 0.3) is 0 Å². The van der Waals surface area contributed by atoms with Crippen LogP contribution in [0.1, 0.15) is 67.3 Å². The van der Waals surface area contributed by atoms with Crippen molar-refractivity contribution in [2.24, 2.45) is 5.92 Å². The molecule has 0 N–H and O–H groups in total. The van der Waals surface area contributed by atoms with Crippen molar-refractivity contribution in [1.29, 1.82) is 0 Å². The second kappa shape index (κ2) is 6.13. The van der Waals surface area contributed by atoms with Crippen LogP contribution in [0.2, 0.25) is 0 Å². The SMILES string of the molecule is CCOC(=O)c1nc(C2CCC(C)CC2)ncc1C. The van der Waals surface area contributed by atoms with Crippen molar-refractivity contribution < 1.29 is 9.53 Å². The number of ether oxygens (including phenoxy) is 1. The third-order valence-corrected chi connectivity index (χ3v) is 3.84. The summed E-state index contributed by atoms with van der Waals surface area (Å²) >= 11 is 0. The summed E-state index contributed by atoms with van der Waals surface area (Å²) in [6.45, 7) is 6.31. The monoisotopic (exact) mass is 262 g/mol. The molecule has 1 saturated carbocycles. The molecular weight excluding hydrogens is 240 g/mol. The Labute approximate surface area is 114 Å². The Morgan fingerprint density at radius 1 is 1.37 bits per heavy atom. The van der Waals surface area contributed by atoms with Gasteiger partial charge in [-0.05, 0) is 32.6 Å². The molecule has 0 atom stereocenters. The average molecular weight is 262 g/mol. The van der Waals surface area contributed by atoms with E-state index in [4.69, 9.17) is 4.74 Å². The second-order valence-corrected chi connectivity index (χ2v) is 5.44. The largest absolute Gasteiger partial charge is 0.461 e. The van der Waals surface area contributed by atoms with Gasteiger partial charge in [-0.2, -0.15) is 0 Å². The quantitative estimate of drug-likeness (QED) is 0.785. The van der Waals surface area contributed by atoms with Crippen LogP contribution in [0, 0.1) is 12.8 Å². The van der Waals surface area contributed by atoms with Gasteiger partial charge in [0.1, 0.15) is 5.82 Å². The van der Waals surface area contributed by atoms with E-state index in [0.29, 0.717) is 18.2 Å². The lowest BCUT2D eigenvalue weighted by Gasteiger charge is -2.25. The van der Waals surface area contributed by atoms with Crippen molar-refractivity contribution in [1.82, 2.24) is 9.97 Å². The number of hydrogen-bond donors (Lipinski definition) is 0. The first-order chi connectivity index (χ1) is 9.11. The number of aromatic nitrogens is 2. The third-order valence-electron chi connectivity index (χ3n) is 3.84. The summed E-state index contributed by atoms with van der Waals surface area (Å²) in [5, 5.41) is 0. The fraction of sp³-hybridized carbons (Fsp3) is 0.667. The highest BCUT2D eigenvalue weighted by Crippen LogP contribution is 2.33. The van der Waals surface area contributed by atoms with E-state index in [1.165, 1.54) is 12.8 Å². The number of aryl methyl sites for hydroxylation is 1. The highest BCUT2D eigenvalue weighted by molar-refractivity contribution is 5.88. The standard InChI is InChI=1S/C15H22N2O2/c1-4-19-15(18)13-11(3)9-16-14(17-13)12-7-5-10(2)6-8-12/h9-10,12H,4-8H2,1-3H3. The molecule has 0 aromatic carbocycles. The molecule has 0 saturated heterocycles. The van der Waals surface area contributed by atoms with Crippen LogP contribution >= 0.6 is 0 Å². The van der Waals surface area contributed by atoms with Gasteiger partial charge in [0.2, 0.25) is 0 Å². The Hall–Kier alpha value is -1.45. The van der Waals surface area contributed by atoms with E-state index in [1.54, 1.807) is 13.1 Å². The van der Waals surface area contributed by atoms with E-state index >= 15 is 0 Å². The molecule has 0 amide bonds. The maximum absolute atomic E-state index is 11.8. The van der Waals surface area contributed by atoms with Gasteiger partial charge in [-0.25, -0.2) is 14.8 Å². The number of nitrogens with zero attached hydrogens (tertiary/aromatic N) is 2. The number of esters is 1. The zero-order valence-electron chi connectivity index (χ0n) is 12.0. The highest BCUT2D eigenvalue weighted by Gasteiger charge is 2.23. The molecular formula is C15H22N2O2. The molecule has 2 rings (SSSR count).